The third-order valence-electron chi connectivity index (χ3n) is 3.33. The standard InChI is InChI=1S/C14H19NO2/c1-17-13-7-9-15(10-8-13)11-14(16)12-5-3-2-4-6-12/h2-6,13H,7-11H2,1H3. The molecule has 0 aliphatic carbocycles. The van der Waals surface area contributed by atoms with Crippen LogP contribution in [0.5, 0.6) is 0 Å². The highest BCUT2D eigenvalue weighted by molar-refractivity contribution is 5.97. The van der Waals surface area contributed by atoms with E-state index in [0.29, 0.717) is 12.6 Å². The van der Waals surface area contributed by atoms with Crippen LogP contribution < -0.4 is 0 Å². The Kier molecular flexibility index (Phi) is 4.29. The maximum absolute atomic E-state index is 12.0. The highest BCUT2D eigenvalue weighted by atomic mass is 16.5. The van der Waals surface area contributed by atoms with E-state index < -0.39 is 0 Å². The summed E-state index contributed by atoms with van der Waals surface area (Å²) in [6, 6.07) is 9.50. The van der Waals surface area contributed by atoms with Crippen LogP contribution in [0.3, 0.4) is 0 Å². The Morgan fingerprint density at radius 2 is 1.94 bits per heavy atom. The van der Waals surface area contributed by atoms with Gasteiger partial charge in [-0.2, -0.15) is 0 Å². The quantitative estimate of drug-likeness (QED) is 0.745. The van der Waals surface area contributed by atoms with Crippen molar-refractivity contribution in [1.82, 2.24) is 4.90 Å². The third-order valence-corrected chi connectivity index (χ3v) is 3.33. The van der Waals surface area contributed by atoms with Gasteiger partial charge in [-0.15, -0.1) is 0 Å². The molecule has 1 aromatic rings. The Morgan fingerprint density at radius 3 is 2.53 bits per heavy atom. The number of likely N-dealkylation sites (tertiary alicyclic amines) is 1. The molecule has 1 aliphatic heterocycles. The number of ether oxygens (including phenoxy) is 1. The zero-order valence-electron chi connectivity index (χ0n) is 10.3. The van der Waals surface area contributed by atoms with Crippen LogP contribution in [-0.4, -0.2) is 43.5 Å². The summed E-state index contributed by atoms with van der Waals surface area (Å²) in [5, 5.41) is 0. The van der Waals surface area contributed by atoms with Crippen LogP contribution >= 0.6 is 0 Å². The number of carbonyl (C=O) groups excluding carboxylic acids is 1. The lowest BCUT2D eigenvalue weighted by Crippen LogP contribution is -2.39. The summed E-state index contributed by atoms with van der Waals surface area (Å²) < 4.78 is 5.32. The number of ketones is 1. The second-order valence-corrected chi connectivity index (χ2v) is 4.50. The largest absolute Gasteiger partial charge is 0.381 e. The molecule has 3 heteroatoms. The topological polar surface area (TPSA) is 29.5 Å². The second-order valence-electron chi connectivity index (χ2n) is 4.50. The normalized spacial score (nSPS) is 18.2. The van der Waals surface area contributed by atoms with E-state index in [-0.39, 0.29) is 5.78 Å². The van der Waals surface area contributed by atoms with Gasteiger partial charge in [0.15, 0.2) is 5.78 Å². The van der Waals surface area contributed by atoms with Crippen LogP contribution in [0.1, 0.15) is 23.2 Å². The number of methoxy groups -OCH3 is 1. The molecule has 0 spiro atoms. The minimum Gasteiger partial charge on any atom is -0.381 e. The molecule has 92 valence electrons. The average molecular weight is 233 g/mol. The molecule has 1 saturated heterocycles. The van der Waals surface area contributed by atoms with Gasteiger partial charge in [0.25, 0.3) is 0 Å². The maximum Gasteiger partial charge on any atom is 0.176 e. The van der Waals surface area contributed by atoms with Crippen molar-refractivity contribution in [1.29, 1.82) is 0 Å². The number of benzene rings is 1. The molecule has 2 rings (SSSR count). The maximum atomic E-state index is 12.0. The van der Waals surface area contributed by atoms with E-state index in [0.717, 1.165) is 31.5 Å². The Bertz CT molecular complexity index is 356. The number of hydrogen-bond donors (Lipinski definition) is 0. The summed E-state index contributed by atoms with van der Waals surface area (Å²) in [6.45, 7) is 2.44. The van der Waals surface area contributed by atoms with Crippen LogP contribution in [-0.2, 0) is 4.74 Å². The lowest BCUT2D eigenvalue weighted by atomic mass is 10.1. The zero-order chi connectivity index (χ0) is 12.1. The molecule has 1 heterocycles. The number of hydrogen-bond acceptors (Lipinski definition) is 3. The van der Waals surface area contributed by atoms with Crippen molar-refractivity contribution >= 4 is 5.78 Å². The van der Waals surface area contributed by atoms with Crippen molar-refractivity contribution < 1.29 is 9.53 Å². The first-order chi connectivity index (χ1) is 8.29. The summed E-state index contributed by atoms with van der Waals surface area (Å²) >= 11 is 0. The molecule has 1 aromatic carbocycles. The van der Waals surface area contributed by atoms with Gasteiger partial charge in [0.1, 0.15) is 0 Å². The molecule has 1 fully saturated rings. The van der Waals surface area contributed by atoms with E-state index in [2.05, 4.69) is 4.90 Å². The van der Waals surface area contributed by atoms with E-state index in [1.165, 1.54) is 0 Å². The van der Waals surface area contributed by atoms with E-state index in [9.17, 15) is 4.79 Å². The average Bonchev–Trinajstić information content (AvgIpc) is 2.40. The second kappa shape index (κ2) is 5.94. The summed E-state index contributed by atoms with van der Waals surface area (Å²) in [4.78, 5) is 14.2. The van der Waals surface area contributed by atoms with Crippen LogP contribution in [0.2, 0.25) is 0 Å². The van der Waals surface area contributed by atoms with Crippen molar-refractivity contribution in [2.75, 3.05) is 26.7 Å². The Labute approximate surface area is 102 Å². The molecule has 0 bridgehead atoms. The minimum atomic E-state index is 0.210. The number of Topliss-reactive ketones (excluding diaryl/α,β-unsaturated/α-hetero) is 1. The van der Waals surface area contributed by atoms with E-state index in [1.807, 2.05) is 30.3 Å². The molecule has 0 aromatic heterocycles. The Hall–Kier alpha value is -1.19. The van der Waals surface area contributed by atoms with Gasteiger partial charge in [0.2, 0.25) is 0 Å². The van der Waals surface area contributed by atoms with Crippen molar-refractivity contribution in [3.63, 3.8) is 0 Å². The summed E-state index contributed by atoms with van der Waals surface area (Å²) in [7, 11) is 1.76. The minimum absolute atomic E-state index is 0.210. The molecule has 3 nitrogen and oxygen atoms in total. The fourth-order valence-corrected chi connectivity index (χ4v) is 2.22. The number of piperidine rings is 1. The predicted molar refractivity (Wildman–Crippen MR) is 67.2 cm³/mol. The summed E-state index contributed by atoms with van der Waals surface area (Å²) in [5.74, 6) is 0.210. The first-order valence-corrected chi connectivity index (χ1v) is 6.13. The van der Waals surface area contributed by atoms with Crippen LogP contribution in [0.15, 0.2) is 30.3 Å². The van der Waals surface area contributed by atoms with Gasteiger partial charge < -0.3 is 4.74 Å². The number of rotatable bonds is 4. The Balaban J connectivity index is 1.84. The van der Waals surface area contributed by atoms with E-state index >= 15 is 0 Å². The van der Waals surface area contributed by atoms with Gasteiger partial charge in [-0.1, -0.05) is 30.3 Å². The highest BCUT2D eigenvalue weighted by Crippen LogP contribution is 2.13. The molecule has 0 saturated carbocycles. The van der Waals surface area contributed by atoms with E-state index in [4.69, 9.17) is 4.74 Å². The van der Waals surface area contributed by atoms with Crippen molar-refractivity contribution in [3.05, 3.63) is 35.9 Å². The fraction of sp³-hybridized carbons (Fsp3) is 0.500. The zero-order valence-corrected chi connectivity index (χ0v) is 10.3. The Morgan fingerprint density at radius 1 is 1.29 bits per heavy atom. The van der Waals surface area contributed by atoms with Gasteiger partial charge in [-0.05, 0) is 12.8 Å². The van der Waals surface area contributed by atoms with Crippen LogP contribution in [0.4, 0.5) is 0 Å². The summed E-state index contributed by atoms with van der Waals surface area (Å²) in [6.07, 6.45) is 2.43. The molecule has 0 unspecified atom stereocenters. The predicted octanol–water partition coefficient (Wildman–Crippen LogP) is 1.98. The molecular weight excluding hydrogens is 214 g/mol. The highest BCUT2D eigenvalue weighted by Gasteiger charge is 2.20. The van der Waals surface area contributed by atoms with Crippen LogP contribution in [0, 0.1) is 0 Å². The number of nitrogens with zero attached hydrogens (tertiary/aromatic N) is 1. The van der Waals surface area contributed by atoms with Gasteiger partial charge in [-0.25, -0.2) is 0 Å². The molecular formula is C14H19NO2. The molecule has 0 amide bonds. The van der Waals surface area contributed by atoms with Gasteiger partial charge in [-0.3, -0.25) is 9.69 Å². The SMILES string of the molecule is COC1CCN(CC(=O)c2ccccc2)CC1. The fourth-order valence-electron chi connectivity index (χ4n) is 2.22. The lowest BCUT2D eigenvalue weighted by Gasteiger charge is -2.30. The lowest BCUT2D eigenvalue weighted by molar-refractivity contribution is 0.0401. The molecule has 0 N–H and O–H groups in total. The monoisotopic (exact) mass is 233 g/mol. The van der Waals surface area contributed by atoms with Crippen molar-refractivity contribution in [2.24, 2.45) is 0 Å². The summed E-state index contributed by atoms with van der Waals surface area (Å²) in [5.41, 5.74) is 0.807. The molecule has 0 atom stereocenters. The number of carbonyl (C=O) groups is 1. The molecule has 17 heavy (non-hydrogen) atoms. The first-order valence-electron chi connectivity index (χ1n) is 6.13. The van der Waals surface area contributed by atoms with Crippen molar-refractivity contribution in [2.45, 2.75) is 18.9 Å². The van der Waals surface area contributed by atoms with Crippen LogP contribution in [0.25, 0.3) is 0 Å². The third kappa shape index (κ3) is 3.38. The molecule has 1 aliphatic rings. The van der Waals surface area contributed by atoms with Gasteiger partial charge >= 0.3 is 0 Å². The van der Waals surface area contributed by atoms with Crippen molar-refractivity contribution in [3.8, 4) is 0 Å². The van der Waals surface area contributed by atoms with E-state index in [1.54, 1.807) is 7.11 Å². The molecule has 0 radical (unpaired) electrons. The van der Waals surface area contributed by atoms with Gasteiger partial charge in [0, 0.05) is 25.8 Å². The smallest absolute Gasteiger partial charge is 0.176 e. The van der Waals surface area contributed by atoms with Gasteiger partial charge in [0.05, 0.1) is 12.6 Å². The first kappa shape index (κ1) is 12.3.